The number of carbonyl (C=O) groups is 1. The van der Waals surface area contributed by atoms with E-state index in [4.69, 9.17) is 12.6 Å². The fourth-order valence-electron chi connectivity index (χ4n) is 1.71. The fraction of sp³-hybridized carbons (Fsp3) is 0.308. The van der Waals surface area contributed by atoms with Crippen molar-refractivity contribution >= 4 is 46.4 Å². The van der Waals surface area contributed by atoms with Gasteiger partial charge in [-0.2, -0.15) is 0 Å². The molecule has 18 heavy (non-hydrogen) atoms. The van der Waals surface area contributed by atoms with Gasteiger partial charge in [0, 0.05) is 4.47 Å². The lowest BCUT2D eigenvalue weighted by Gasteiger charge is -2.20. The van der Waals surface area contributed by atoms with Crippen molar-refractivity contribution in [3.8, 4) is 0 Å². The molecule has 0 saturated carbocycles. The summed E-state index contributed by atoms with van der Waals surface area (Å²) < 4.78 is 7.61. The van der Waals surface area contributed by atoms with Crippen molar-refractivity contribution in [2.24, 2.45) is 0 Å². The molecule has 1 heterocycles. The molecule has 1 aromatic heterocycles. The van der Waals surface area contributed by atoms with Gasteiger partial charge in [-0.3, -0.25) is 4.57 Å². The number of nitrogens with zero attached hydrogens (tertiary/aromatic N) is 1. The zero-order valence-electron chi connectivity index (χ0n) is 10.5. The summed E-state index contributed by atoms with van der Waals surface area (Å²) in [6, 6.07) is 7.40. The van der Waals surface area contributed by atoms with E-state index in [0.29, 0.717) is 5.59 Å². The Morgan fingerprint density at radius 2 is 2.00 bits per heavy atom. The first-order chi connectivity index (χ1) is 8.28. The first kappa shape index (κ1) is 13.2. The van der Waals surface area contributed by atoms with Crippen molar-refractivity contribution in [3.05, 3.63) is 28.7 Å². The number of carbonyl (C=O) groups excluding carboxylic acids is 1. The summed E-state index contributed by atoms with van der Waals surface area (Å²) in [7, 11) is 5.87. The van der Waals surface area contributed by atoms with Crippen LogP contribution in [0.25, 0.3) is 10.9 Å². The van der Waals surface area contributed by atoms with Crippen LogP contribution in [0.4, 0.5) is 4.79 Å². The van der Waals surface area contributed by atoms with Crippen LogP contribution in [0.2, 0.25) is 0 Å². The molecule has 0 amide bonds. The van der Waals surface area contributed by atoms with Crippen LogP contribution in [0, 0.1) is 0 Å². The van der Waals surface area contributed by atoms with E-state index in [-0.39, 0.29) is 0 Å². The Morgan fingerprint density at radius 3 is 2.61 bits per heavy atom. The molecule has 0 atom stereocenters. The molecule has 0 spiro atoms. The van der Waals surface area contributed by atoms with Crippen LogP contribution >= 0.6 is 15.9 Å². The van der Waals surface area contributed by atoms with Crippen molar-refractivity contribution < 1.29 is 9.53 Å². The van der Waals surface area contributed by atoms with Crippen molar-refractivity contribution in [2.45, 2.75) is 26.4 Å². The highest BCUT2D eigenvalue weighted by Crippen LogP contribution is 2.21. The Morgan fingerprint density at radius 1 is 1.33 bits per heavy atom. The first-order valence-electron chi connectivity index (χ1n) is 5.58. The highest BCUT2D eigenvalue weighted by Gasteiger charge is 2.20. The number of hydrogen-bond donors (Lipinski definition) is 0. The summed E-state index contributed by atoms with van der Waals surface area (Å²) in [6.45, 7) is 5.47. The van der Waals surface area contributed by atoms with Gasteiger partial charge in [-0.25, -0.2) is 4.79 Å². The molecule has 0 unspecified atom stereocenters. The number of hydrogen-bond acceptors (Lipinski definition) is 2. The third-order valence-corrected chi connectivity index (χ3v) is 2.86. The highest BCUT2D eigenvalue weighted by molar-refractivity contribution is 9.10. The molecule has 0 bridgehead atoms. The van der Waals surface area contributed by atoms with E-state index in [0.717, 1.165) is 15.4 Å². The predicted molar refractivity (Wildman–Crippen MR) is 76.7 cm³/mol. The van der Waals surface area contributed by atoms with E-state index in [2.05, 4.69) is 15.9 Å². The van der Waals surface area contributed by atoms with E-state index < -0.39 is 11.7 Å². The minimum Gasteiger partial charge on any atom is -0.443 e. The van der Waals surface area contributed by atoms with Crippen LogP contribution in [-0.2, 0) is 4.74 Å². The lowest BCUT2D eigenvalue weighted by molar-refractivity contribution is 0.0549. The molecule has 0 N–H and O–H groups in total. The molecule has 0 aliphatic carbocycles. The number of halogens is 1. The van der Waals surface area contributed by atoms with Gasteiger partial charge in [-0.1, -0.05) is 22.0 Å². The summed E-state index contributed by atoms with van der Waals surface area (Å²) in [5.41, 5.74) is 0.556. The molecular formula is C13H13BBrNO2. The third kappa shape index (κ3) is 2.61. The predicted octanol–water partition coefficient (Wildman–Crippen LogP) is 2.98. The van der Waals surface area contributed by atoms with Crippen molar-refractivity contribution in [1.82, 2.24) is 4.57 Å². The zero-order chi connectivity index (χ0) is 13.5. The van der Waals surface area contributed by atoms with Crippen LogP contribution in [0.15, 0.2) is 28.7 Å². The third-order valence-electron chi connectivity index (χ3n) is 2.37. The van der Waals surface area contributed by atoms with Gasteiger partial charge < -0.3 is 4.74 Å². The molecule has 0 aliphatic heterocycles. The normalized spacial score (nSPS) is 11.8. The van der Waals surface area contributed by atoms with Crippen LogP contribution in [-0.4, -0.2) is 24.1 Å². The average molecular weight is 306 g/mol. The second-order valence-corrected chi connectivity index (χ2v) is 6.00. The second kappa shape index (κ2) is 4.46. The zero-order valence-corrected chi connectivity index (χ0v) is 12.1. The molecule has 3 nitrogen and oxygen atoms in total. The lowest BCUT2D eigenvalue weighted by atomic mass is 10.1. The molecule has 0 aliphatic rings. The minimum atomic E-state index is -0.549. The minimum absolute atomic E-state index is 0.373. The quantitative estimate of drug-likeness (QED) is 0.701. The largest absolute Gasteiger partial charge is 0.443 e. The number of rotatable bonds is 0. The maximum Gasteiger partial charge on any atom is 0.418 e. The maximum atomic E-state index is 12.1. The Labute approximate surface area is 116 Å². The highest BCUT2D eigenvalue weighted by atomic mass is 79.9. The van der Waals surface area contributed by atoms with Gasteiger partial charge in [0.2, 0.25) is 0 Å². The van der Waals surface area contributed by atoms with Gasteiger partial charge >= 0.3 is 6.09 Å². The van der Waals surface area contributed by atoms with Gasteiger partial charge in [0.25, 0.3) is 0 Å². The fourth-order valence-corrected chi connectivity index (χ4v) is 2.06. The summed E-state index contributed by atoms with van der Waals surface area (Å²) in [5, 5.41) is 0.904. The van der Waals surface area contributed by atoms with Crippen LogP contribution in [0.1, 0.15) is 20.8 Å². The molecule has 0 fully saturated rings. The molecule has 1 aromatic carbocycles. The van der Waals surface area contributed by atoms with E-state index in [9.17, 15) is 4.79 Å². The Bertz CT molecular complexity index is 613. The molecule has 2 rings (SSSR count). The number of benzene rings is 1. The maximum absolute atomic E-state index is 12.1. The van der Waals surface area contributed by atoms with Crippen LogP contribution in [0.3, 0.4) is 0 Å². The number of fused-ring (bicyclic) bond motifs is 1. The topological polar surface area (TPSA) is 31.2 Å². The lowest BCUT2D eigenvalue weighted by Crippen LogP contribution is -2.32. The number of ether oxygens (including phenoxy) is 1. The van der Waals surface area contributed by atoms with E-state index >= 15 is 0 Å². The van der Waals surface area contributed by atoms with Crippen molar-refractivity contribution in [1.29, 1.82) is 0 Å². The van der Waals surface area contributed by atoms with Gasteiger partial charge in [-0.15, -0.1) is 0 Å². The smallest absolute Gasteiger partial charge is 0.418 e. The van der Waals surface area contributed by atoms with Crippen molar-refractivity contribution in [2.75, 3.05) is 0 Å². The van der Waals surface area contributed by atoms with Crippen LogP contribution in [0.5, 0.6) is 0 Å². The van der Waals surface area contributed by atoms with Gasteiger partial charge in [0.05, 0.1) is 5.52 Å². The first-order valence-corrected chi connectivity index (χ1v) is 6.37. The average Bonchev–Trinajstić information content (AvgIpc) is 2.50. The molecule has 2 aromatic rings. The Hall–Kier alpha value is -1.23. The Kier molecular flexibility index (Phi) is 3.28. The van der Waals surface area contributed by atoms with Gasteiger partial charge in [-0.05, 0) is 49.9 Å². The number of aromatic nitrogens is 1. The SMILES string of the molecule is [B]c1cc2ccc(Br)cc2n1C(=O)OC(C)(C)C. The molecule has 5 heteroatoms. The van der Waals surface area contributed by atoms with Gasteiger partial charge in [0.15, 0.2) is 0 Å². The molecule has 92 valence electrons. The summed E-state index contributed by atoms with van der Waals surface area (Å²) >= 11 is 3.38. The van der Waals surface area contributed by atoms with Crippen LogP contribution < -0.4 is 5.59 Å². The van der Waals surface area contributed by atoms with E-state index in [1.165, 1.54) is 4.57 Å². The monoisotopic (exact) mass is 305 g/mol. The summed E-state index contributed by atoms with van der Waals surface area (Å²) in [4.78, 5) is 12.1. The standard InChI is InChI=1S/C13H13BBrNO2/c1-13(2,3)18-12(17)16-10-7-9(15)5-4-8(10)6-11(16)14/h4-7H,1-3H3. The van der Waals surface area contributed by atoms with E-state index in [1.807, 2.05) is 39.0 Å². The summed E-state index contributed by atoms with van der Waals surface area (Å²) in [6.07, 6.45) is -0.465. The molecule has 0 saturated heterocycles. The van der Waals surface area contributed by atoms with E-state index in [1.54, 1.807) is 6.07 Å². The Balaban J connectivity index is 2.53. The summed E-state index contributed by atoms with van der Waals surface area (Å²) in [5.74, 6) is 0. The second-order valence-electron chi connectivity index (χ2n) is 5.09. The molecule has 2 radical (unpaired) electrons. The van der Waals surface area contributed by atoms with Crippen molar-refractivity contribution in [3.63, 3.8) is 0 Å². The van der Waals surface area contributed by atoms with Gasteiger partial charge in [0.1, 0.15) is 13.4 Å². The molecular weight excluding hydrogens is 293 g/mol.